The van der Waals surface area contributed by atoms with Crippen molar-refractivity contribution in [1.29, 1.82) is 0 Å². The standard InChI is InChI=1S/C58H68O24/c1-5-47(59)73-25-27-75-49(61)21-23-51(63)77-33-35-7-12-38(13-8-35)54(66)79-41-17-19-45(43(31-41)57(69)71-3)81-53(65)30-37-11-16-40(29-37)56(68)82-46-20-18-42(32-44(46)58(70)72-4)80-55(67)39-14-9-36(10-15-39)34-78-52(64)24-22-50(62)76-28-26-74-48(60)6-2/h5-6,17-20,31-32,35-40H,1-2,7-16,21-30,33-34H2,3-4H3. The molecular formula is C58H68O24. The van der Waals surface area contributed by atoms with Crippen LogP contribution in [0.15, 0.2) is 61.7 Å². The number of methoxy groups -OCH3 is 2. The Hall–Kier alpha value is -8.44. The van der Waals surface area contributed by atoms with Crippen molar-refractivity contribution in [3.05, 3.63) is 72.8 Å². The van der Waals surface area contributed by atoms with Crippen molar-refractivity contribution in [3.63, 3.8) is 0 Å². The highest BCUT2D eigenvalue weighted by molar-refractivity contribution is 5.95. The first-order valence-electron chi connectivity index (χ1n) is 26.9. The number of ether oxygens (including phenoxy) is 12. The lowest BCUT2D eigenvalue weighted by Crippen LogP contribution is -2.28. The summed E-state index contributed by atoms with van der Waals surface area (Å²) < 4.78 is 62.2. The van der Waals surface area contributed by atoms with Gasteiger partial charge in [-0.25, -0.2) is 19.2 Å². The van der Waals surface area contributed by atoms with Gasteiger partial charge in [0.2, 0.25) is 0 Å². The van der Waals surface area contributed by atoms with Crippen molar-refractivity contribution in [2.45, 2.75) is 103 Å². The molecular weight excluding hydrogens is 1080 g/mol. The SMILES string of the molecule is C=CC(=O)OCCOC(=O)CCC(=O)OCC1CCC(C(=O)Oc2ccc(OC(=O)CC3CCC(C(=O)Oc4ccc(OC(=O)C5CCC(COC(=O)CCC(=O)OCCOC(=O)C=C)CC5)cc4C(=O)OC)C3)c(C(=O)OC)c2)CC1. The Morgan fingerprint density at radius 1 is 0.427 bits per heavy atom. The fourth-order valence-corrected chi connectivity index (χ4v) is 9.29. The number of rotatable bonds is 29. The molecule has 0 radical (unpaired) electrons. The first-order chi connectivity index (χ1) is 39.4. The molecule has 0 bridgehead atoms. The molecule has 3 aliphatic carbocycles. The number of carbonyl (C=O) groups excluding carboxylic acids is 12. The van der Waals surface area contributed by atoms with E-state index >= 15 is 0 Å². The van der Waals surface area contributed by atoms with Gasteiger partial charge in [0.15, 0.2) is 0 Å². The second kappa shape index (κ2) is 33.3. The van der Waals surface area contributed by atoms with E-state index in [0.29, 0.717) is 64.2 Å². The average Bonchev–Trinajstić information content (AvgIpc) is 4.06. The zero-order chi connectivity index (χ0) is 59.6. The monoisotopic (exact) mass is 1150 g/mol. The maximum absolute atomic E-state index is 13.5. The average molecular weight is 1150 g/mol. The molecule has 0 N–H and O–H groups in total. The van der Waals surface area contributed by atoms with Crippen LogP contribution in [0.3, 0.4) is 0 Å². The van der Waals surface area contributed by atoms with Crippen LogP contribution in [-0.4, -0.2) is 125 Å². The molecule has 444 valence electrons. The van der Waals surface area contributed by atoms with Gasteiger partial charge in [-0.05, 0) is 125 Å². The van der Waals surface area contributed by atoms with Crippen LogP contribution in [0.25, 0.3) is 0 Å². The van der Waals surface area contributed by atoms with Crippen molar-refractivity contribution in [2.24, 2.45) is 35.5 Å². The highest BCUT2D eigenvalue weighted by Crippen LogP contribution is 2.37. The molecule has 0 spiro atoms. The largest absolute Gasteiger partial charge is 0.465 e. The fraction of sp³-hybridized carbons (Fsp3) is 0.517. The van der Waals surface area contributed by atoms with Gasteiger partial charge < -0.3 is 56.8 Å². The van der Waals surface area contributed by atoms with Gasteiger partial charge in [0, 0.05) is 18.6 Å². The molecule has 3 saturated carbocycles. The van der Waals surface area contributed by atoms with Gasteiger partial charge in [0.25, 0.3) is 0 Å². The number of esters is 12. The second-order valence-electron chi connectivity index (χ2n) is 19.6. The summed E-state index contributed by atoms with van der Waals surface area (Å²) in [6, 6.07) is 7.84. The molecule has 2 atom stereocenters. The number of hydrogen-bond acceptors (Lipinski definition) is 24. The van der Waals surface area contributed by atoms with E-state index in [1.165, 1.54) is 36.4 Å². The van der Waals surface area contributed by atoms with Crippen LogP contribution >= 0.6 is 0 Å². The number of hydrogen-bond donors (Lipinski definition) is 0. The Kier molecular flexibility index (Phi) is 26.2. The van der Waals surface area contributed by atoms with Crippen molar-refractivity contribution in [3.8, 4) is 23.0 Å². The van der Waals surface area contributed by atoms with E-state index in [1.807, 2.05) is 0 Å². The van der Waals surface area contributed by atoms with E-state index in [-0.39, 0.29) is 130 Å². The van der Waals surface area contributed by atoms with Gasteiger partial charge in [-0.3, -0.25) is 38.4 Å². The first kappa shape index (κ1) is 64.4. The normalized spacial score (nSPS) is 19.0. The lowest BCUT2D eigenvalue weighted by Gasteiger charge is -2.26. The highest BCUT2D eigenvalue weighted by Gasteiger charge is 2.35. The highest BCUT2D eigenvalue weighted by atomic mass is 16.6. The zero-order valence-electron chi connectivity index (χ0n) is 45.9. The maximum Gasteiger partial charge on any atom is 0.341 e. The Labute approximate surface area is 472 Å². The molecule has 2 unspecified atom stereocenters. The van der Waals surface area contributed by atoms with E-state index in [1.54, 1.807) is 0 Å². The lowest BCUT2D eigenvalue weighted by atomic mass is 9.82. The van der Waals surface area contributed by atoms with Crippen LogP contribution in [-0.2, 0) is 85.8 Å². The molecule has 24 heteroatoms. The third-order valence-electron chi connectivity index (χ3n) is 13.8. The van der Waals surface area contributed by atoms with E-state index < -0.39 is 89.4 Å². The molecule has 0 aromatic heterocycles. The Bertz CT molecular complexity index is 2660. The molecule has 0 aliphatic heterocycles. The summed E-state index contributed by atoms with van der Waals surface area (Å²) in [7, 11) is 2.27. The van der Waals surface area contributed by atoms with Gasteiger partial charge in [-0.1, -0.05) is 13.2 Å². The molecule has 3 fully saturated rings. The smallest absolute Gasteiger partial charge is 0.341 e. The summed E-state index contributed by atoms with van der Waals surface area (Å²) >= 11 is 0. The molecule has 82 heavy (non-hydrogen) atoms. The van der Waals surface area contributed by atoms with E-state index in [9.17, 15) is 57.5 Å². The Morgan fingerprint density at radius 2 is 0.793 bits per heavy atom. The quantitative estimate of drug-likeness (QED) is 0.0288. The molecule has 2 aromatic carbocycles. The molecule has 3 aliphatic rings. The lowest BCUT2D eigenvalue weighted by molar-refractivity contribution is -0.153. The van der Waals surface area contributed by atoms with Gasteiger partial charge in [0.1, 0.15) is 60.6 Å². The van der Waals surface area contributed by atoms with Gasteiger partial charge in [-0.15, -0.1) is 0 Å². The van der Waals surface area contributed by atoms with Crippen LogP contribution in [0.4, 0.5) is 0 Å². The molecule has 5 rings (SSSR count). The summed E-state index contributed by atoms with van der Waals surface area (Å²) in [5.74, 6) is -10.2. The van der Waals surface area contributed by atoms with Crippen LogP contribution in [0.1, 0.15) is 123 Å². The zero-order valence-corrected chi connectivity index (χ0v) is 45.9. The van der Waals surface area contributed by atoms with Crippen LogP contribution in [0.5, 0.6) is 23.0 Å². The Morgan fingerprint density at radius 3 is 1.21 bits per heavy atom. The number of carbonyl (C=O) groups is 12. The van der Waals surface area contributed by atoms with Gasteiger partial charge in [-0.2, -0.15) is 0 Å². The Balaban J connectivity index is 1.01. The third kappa shape index (κ3) is 21.6. The minimum absolute atomic E-state index is 0.0113. The van der Waals surface area contributed by atoms with Crippen molar-refractivity contribution in [1.82, 2.24) is 0 Å². The van der Waals surface area contributed by atoms with E-state index in [4.69, 9.17) is 56.8 Å². The molecule has 0 saturated heterocycles. The van der Waals surface area contributed by atoms with E-state index in [0.717, 1.165) is 26.4 Å². The van der Waals surface area contributed by atoms with Crippen LogP contribution in [0, 0.1) is 35.5 Å². The van der Waals surface area contributed by atoms with Crippen LogP contribution in [0.2, 0.25) is 0 Å². The maximum atomic E-state index is 13.5. The minimum Gasteiger partial charge on any atom is -0.465 e. The molecule has 0 amide bonds. The summed E-state index contributed by atoms with van der Waals surface area (Å²) in [4.78, 5) is 149. The third-order valence-corrected chi connectivity index (χ3v) is 13.8. The summed E-state index contributed by atoms with van der Waals surface area (Å²) in [5.41, 5.74) is -0.346. The predicted octanol–water partition coefficient (Wildman–Crippen LogP) is 6.19. The molecule has 0 heterocycles. The van der Waals surface area contributed by atoms with Gasteiger partial charge >= 0.3 is 71.6 Å². The van der Waals surface area contributed by atoms with Crippen molar-refractivity contribution >= 4 is 71.6 Å². The first-order valence-corrected chi connectivity index (χ1v) is 26.9. The minimum atomic E-state index is -0.861. The van der Waals surface area contributed by atoms with Crippen LogP contribution < -0.4 is 18.9 Å². The predicted molar refractivity (Wildman–Crippen MR) is 279 cm³/mol. The van der Waals surface area contributed by atoms with E-state index in [2.05, 4.69) is 13.2 Å². The summed E-state index contributed by atoms with van der Waals surface area (Å²) in [6.07, 6.45) is 6.04. The summed E-state index contributed by atoms with van der Waals surface area (Å²) in [5, 5.41) is 0. The van der Waals surface area contributed by atoms with Crippen molar-refractivity contribution < 1.29 is 114 Å². The second-order valence-corrected chi connectivity index (χ2v) is 19.6. The number of benzene rings is 2. The fourth-order valence-electron chi connectivity index (χ4n) is 9.29. The van der Waals surface area contributed by atoms with Crippen molar-refractivity contribution in [2.75, 3.05) is 53.9 Å². The summed E-state index contributed by atoms with van der Waals surface area (Å²) in [6.45, 7) is 6.12. The molecule has 24 nitrogen and oxygen atoms in total. The molecule has 2 aromatic rings. The van der Waals surface area contributed by atoms with Gasteiger partial charge in [0.05, 0.1) is 70.9 Å². The topological polar surface area (TPSA) is 316 Å².